The van der Waals surface area contributed by atoms with Gasteiger partial charge in [0.1, 0.15) is 5.75 Å². The second kappa shape index (κ2) is 7.99. The first-order valence-corrected chi connectivity index (χ1v) is 8.13. The number of nitrogens with zero attached hydrogens (tertiary/aromatic N) is 1. The van der Waals surface area contributed by atoms with E-state index in [-0.39, 0.29) is 24.2 Å². The van der Waals surface area contributed by atoms with Crippen molar-refractivity contribution in [3.05, 3.63) is 29.8 Å². The van der Waals surface area contributed by atoms with E-state index in [1.807, 2.05) is 36.1 Å². The summed E-state index contributed by atoms with van der Waals surface area (Å²) >= 11 is 0. The molecule has 1 aliphatic heterocycles. The smallest absolute Gasteiger partial charge is 0.303 e. The summed E-state index contributed by atoms with van der Waals surface area (Å²) in [4.78, 5) is 25.1. The number of hydrogen-bond acceptors (Lipinski definition) is 3. The van der Waals surface area contributed by atoms with Gasteiger partial charge in [0.2, 0.25) is 5.91 Å². The van der Waals surface area contributed by atoms with Gasteiger partial charge in [0.15, 0.2) is 0 Å². The Morgan fingerprint density at radius 2 is 2.04 bits per heavy atom. The van der Waals surface area contributed by atoms with E-state index in [1.54, 1.807) is 7.11 Å². The number of piperidine rings is 1. The van der Waals surface area contributed by atoms with Crippen LogP contribution in [0.3, 0.4) is 0 Å². The molecule has 126 valence electrons. The average molecular weight is 319 g/mol. The minimum absolute atomic E-state index is 0.134. The fourth-order valence-corrected chi connectivity index (χ4v) is 3.09. The van der Waals surface area contributed by atoms with Crippen molar-refractivity contribution in [2.24, 2.45) is 5.92 Å². The second-order valence-electron chi connectivity index (χ2n) is 6.30. The highest BCUT2D eigenvalue weighted by Gasteiger charge is 2.25. The lowest BCUT2D eigenvalue weighted by Gasteiger charge is -2.32. The number of carboxylic acids is 1. The first-order valence-electron chi connectivity index (χ1n) is 8.13. The first-order chi connectivity index (χ1) is 11.0. The zero-order valence-corrected chi connectivity index (χ0v) is 13.8. The molecule has 0 aromatic heterocycles. The Bertz CT molecular complexity index is 550. The zero-order valence-electron chi connectivity index (χ0n) is 13.8. The summed E-state index contributed by atoms with van der Waals surface area (Å²) in [5, 5.41) is 8.84. The molecule has 1 N–H and O–H groups in total. The number of aliphatic carboxylic acids is 1. The fourth-order valence-electron chi connectivity index (χ4n) is 3.09. The highest BCUT2D eigenvalue weighted by molar-refractivity contribution is 5.77. The molecule has 1 unspecified atom stereocenters. The van der Waals surface area contributed by atoms with Crippen molar-refractivity contribution in [1.82, 2.24) is 4.90 Å². The van der Waals surface area contributed by atoms with Crippen LogP contribution in [0.2, 0.25) is 0 Å². The number of rotatable bonds is 6. The number of amides is 1. The molecule has 1 atom stereocenters. The lowest BCUT2D eigenvalue weighted by molar-refractivity contribution is -0.138. The highest BCUT2D eigenvalue weighted by Crippen LogP contribution is 2.26. The summed E-state index contributed by atoms with van der Waals surface area (Å²) < 4.78 is 5.23. The van der Waals surface area contributed by atoms with Gasteiger partial charge in [-0.3, -0.25) is 9.59 Å². The monoisotopic (exact) mass is 319 g/mol. The molecule has 1 heterocycles. The van der Waals surface area contributed by atoms with Crippen LogP contribution >= 0.6 is 0 Å². The minimum atomic E-state index is -0.749. The van der Waals surface area contributed by atoms with Crippen LogP contribution < -0.4 is 4.74 Å². The summed E-state index contributed by atoms with van der Waals surface area (Å²) in [6.45, 7) is 3.38. The van der Waals surface area contributed by atoms with Crippen LogP contribution in [0.5, 0.6) is 5.75 Å². The van der Waals surface area contributed by atoms with E-state index in [9.17, 15) is 9.59 Å². The third-order valence-corrected chi connectivity index (χ3v) is 4.57. The molecule has 1 amide bonds. The molecular weight excluding hydrogens is 294 g/mol. The van der Waals surface area contributed by atoms with Crippen LogP contribution in [0.15, 0.2) is 24.3 Å². The summed E-state index contributed by atoms with van der Waals surface area (Å²) in [5.41, 5.74) is 1.10. The molecule has 2 rings (SSSR count). The number of ether oxygens (including phenoxy) is 1. The molecule has 1 fully saturated rings. The Balaban J connectivity index is 1.85. The molecule has 0 spiro atoms. The van der Waals surface area contributed by atoms with Gasteiger partial charge in [0.05, 0.1) is 7.11 Å². The van der Waals surface area contributed by atoms with Gasteiger partial charge < -0.3 is 14.7 Å². The predicted molar refractivity (Wildman–Crippen MR) is 87.6 cm³/mol. The van der Waals surface area contributed by atoms with Crippen molar-refractivity contribution in [2.45, 2.75) is 38.5 Å². The van der Waals surface area contributed by atoms with Crippen LogP contribution in [0.4, 0.5) is 0 Å². The summed E-state index contributed by atoms with van der Waals surface area (Å²) in [6.07, 6.45) is 2.25. The molecule has 5 heteroatoms. The van der Waals surface area contributed by atoms with E-state index in [1.165, 1.54) is 0 Å². The van der Waals surface area contributed by atoms with Gasteiger partial charge in [-0.25, -0.2) is 0 Å². The minimum Gasteiger partial charge on any atom is -0.497 e. The van der Waals surface area contributed by atoms with Crippen LogP contribution in [0, 0.1) is 5.92 Å². The number of carboxylic acid groups (broad SMARTS) is 1. The Hall–Kier alpha value is -2.04. The third kappa shape index (κ3) is 4.98. The van der Waals surface area contributed by atoms with Crippen molar-refractivity contribution in [3.63, 3.8) is 0 Å². The van der Waals surface area contributed by atoms with Crippen LogP contribution in [-0.2, 0) is 9.59 Å². The number of carbonyl (C=O) groups excluding carboxylic acids is 1. The summed E-state index contributed by atoms with van der Waals surface area (Å²) in [5.74, 6) is 0.536. The Morgan fingerprint density at radius 3 is 2.65 bits per heavy atom. The van der Waals surface area contributed by atoms with Crippen LogP contribution in [0.1, 0.15) is 44.1 Å². The molecule has 1 aromatic carbocycles. The number of carbonyl (C=O) groups is 2. The predicted octanol–water partition coefficient (Wildman–Crippen LogP) is 2.90. The van der Waals surface area contributed by atoms with Crippen LogP contribution in [-0.4, -0.2) is 42.1 Å². The lowest BCUT2D eigenvalue weighted by atomic mass is 9.92. The Labute approximate surface area is 137 Å². The van der Waals surface area contributed by atoms with Crippen molar-refractivity contribution in [3.8, 4) is 5.75 Å². The van der Waals surface area contributed by atoms with E-state index in [2.05, 4.69) is 0 Å². The maximum Gasteiger partial charge on any atom is 0.303 e. The maximum atomic E-state index is 12.4. The molecule has 0 bridgehead atoms. The second-order valence-corrected chi connectivity index (χ2v) is 6.30. The van der Waals surface area contributed by atoms with Gasteiger partial charge >= 0.3 is 5.97 Å². The van der Waals surface area contributed by atoms with E-state index in [4.69, 9.17) is 9.84 Å². The molecule has 23 heavy (non-hydrogen) atoms. The van der Waals surface area contributed by atoms with E-state index < -0.39 is 5.97 Å². The fraction of sp³-hybridized carbons (Fsp3) is 0.556. The lowest BCUT2D eigenvalue weighted by Crippen LogP contribution is -2.39. The molecule has 1 saturated heterocycles. The van der Waals surface area contributed by atoms with Gasteiger partial charge in [0, 0.05) is 25.9 Å². The zero-order chi connectivity index (χ0) is 16.8. The average Bonchev–Trinajstić information content (AvgIpc) is 2.55. The molecule has 0 radical (unpaired) electrons. The third-order valence-electron chi connectivity index (χ3n) is 4.57. The van der Waals surface area contributed by atoms with Gasteiger partial charge in [-0.05, 0) is 42.4 Å². The van der Waals surface area contributed by atoms with Crippen molar-refractivity contribution in [1.29, 1.82) is 0 Å². The standard InChI is InChI=1S/C18H25NO4/c1-13(15-4-3-5-16(12-15)23-2)10-17(20)19-8-6-14(7-9-19)11-18(21)22/h3-5,12-14H,6-11H2,1-2H3,(H,21,22). The van der Waals surface area contributed by atoms with E-state index in [0.29, 0.717) is 19.5 Å². The summed E-state index contributed by atoms with van der Waals surface area (Å²) in [6, 6.07) is 7.81. The molecular formula is C18H25NO4. The molecule has 5 nitrogen and oxygen atoms in total. The van der Waals surface area contributed by atoms with Gasteiger partial charge in [-0.15, -0.1) is 0 Å². The molecule has 0 aliphatic carbocycles. The molecule has 1 aromatic rings. The van der Waals surface area contributed by atoms with Gasteiger partial charge in [-0.1, -0.05) is 19.1 Å². The van der Waals surface area contributed by atoms with E-state index >= 15 is 0 Å². The maximum absolute atomic E-state index is 12.4. The number of hydrogen-bond donors (Lipinski definition) is 1. The topological polar surface area (TPSA) is 66.8 Å². The van der Waals surface area contributed by atoms with Crippen molar-refractivity contribution < 1.29 is 19.4 Å². The van der Waals surface area contributed by atoms with Gasteiger partial charge in [0.25, 0.3) is 0 Å². The quantitative estimate of drug-likeness (QED) is 0.875. The van der Waals surface area contributed by atoms with Crippen LogP contribution in [0.25, 0.3) is 0 Å². The van der Waals surface area contributed by atoms with Crippen molar-refractivity contribution in [2.75, 3.05) is 20.2 Å². The molecule has 1 aliphatic rings. The normalized spacial score (nSPS) is 16.9. The highest BCUT2D eigenvalue weighted by atomic mass is 16.5. The number of likely N-dealkylation sites (tertiary alicyclic amines) is 1. The van der Waals surface area contributed by atoms with Crippen molar-refractivity contribution >= 4 is 11.9 Å². The van der Waals surface area contributed by atoms with Gasteiger partial charge in [-0.2, -0.15) is 0 Å². The number of benzene rings is 1. The SMILES string of the molecule is COc1cccc(C(C)CC(=O)N2CCC(CC(=O)O)CC2)c1. The Morgan fingerprint density at radius 1 is 1.35 bits per heavy atom. The first kappa shape index (κ1) is 17.3. The largest absolute Gasteiger partial charge is 0.497 e. The Kier molecular flexibility index (Phi) is 6.02. The number of methoxy groups -OCH3 is 1. The van der Waals surface area contributed by atoms with E-state index in [0.717, 1.165) is 24.2 Å². The summed E-state index contributed by atoms with van der Waals surface area (Å²) in [7, 11) is 1.64. The molecule has 0 saturated carbocycles.